The second-order valence-electron chi connectivity index (χ2n) is 2.65. The molecule has 0 aliphatic heterocycles. The highest BCUT2D eigenvalue weighted by atomic mass is 35.5. The number of carbonyl (C=O) groups excluding carboxylic acids is 1. The second kappa shape index (κ2) is 5.30. The monoisotopic (exact) mass is 214 g/mol. The topological polar surface area (TPSA) is 17.1 Å². The lowest BCUT2D eigenvalue weighted by Crippen LogP contribution is -1.85. The Bertz CT molecular complexity index is 299. The summed E-state index contributed by atoms with van der Waals surface area (Å²) in [7, 11) is 0. The minimum Gasteiger partial charge on any atom is -0.298 e. The van der Waals surface area contributed by atoms with E-state index < -0.39 is 0 Å². The van der Waals surface area contributed by atoms with Gasteiger partial charge in [0.2, 0.25) is 0 Å². The van der Waals surface area contributed by atoms with E-state index in [-0.39, 0.29) is 0 Å². The summed E-state index contributed by atoms with van der Waals surface area (Å²) in [6, 6.07) is 5.33. The van der Waals surface area contributed by atoms with E-state index in [0.29, 0.717) is 5.02 Å². The maximum Gasteiger partial charge on any atom is 0.151 e. The third-order valence-corrected chi connectivity index (χ3v) is 3.08. The standard InChI is InChI=1S/C10H11ClOS/c1-2-5-13-10-6-9(11)4-3-8(10)7-12/h3-4,6-7H,2,5H2,1H3. The van der Waals surface area contributed by atoms with Gasteiger partial charge in [0.15, 0.2) is 6.29 Å². The van der Waals surface area contributed by atoms with Crippen LogP contribution in [0.4, 0.5) is 0 Å². The first-order chi connectivity index (χ1) is 6.27. The molecule has 0 atom stereocenters. The lowest BCUT2D eigenvalue weighted by molar-refractivity contribution is 0.112. The number of rotatable bonds is 4. The zero-order valence-corrected chi connectivity index (χ0v) is 8.99. The van der Waals surface area contributed by atoms with Crippen molar-refractivity contribution in [1.29, 1.82) is 0 Å². The molecule has 0 fully saturated rings. The lowest BCUT2D eigenvalue weighted by Gasteiger charge is -2.03. The predicted molar refractivity (Wildman–Crippen MR) is 57.9 cm³/mol. The molecule has 0 amide bonds. The molecule has 1 aromatic carbocycles. The molecule has 0 radical (unpaired) electrons. The molecule has 0 spiro atoms. The molecule has 13 heavy (non-hydrogen) atoms. The van der Waals surface area contributed by atoms with E-state index in [9.17, 15) is 4.79 Å². The number of hydrogen-bond donors (Lipinski definition) is 0. The van der Waals surface area contributed by atoms with Crippen molar-refractivity contribution < 1.29 is 4.79 Å². The maximum atomic E-state index is 10.6. The van der Waals surface area contributed by atoms with Crippen LogP contribution in [0.2, 0.25) is 5.02 Å². The van der Waals surface area contributed by atoms with Crippen molar-refractivity contribution in [2.45, 2.75) is 18.2 Å². The summed E-state index contributed by atoms with van der Waals surface area (Å²) >= 11 is 7.49. The van der Waals surface area contributed by atoms with Gasteiger partial charge >= 0.3 is 0 Å². The van der Waals surface area contributed by atoms with Gasteiger partial charge in [-0.1, -0.05) is 18.5 Å². The van der Waals surface area contributed by atoms with Crippen molar-refractivity contribution >= 4 is 29.6 Å². The van der Waals surface area contributed by atoms with E-state index in [1.165, 1.54) is 0 Å². The Labute approximate surface area is 87.5 Å². The summed E-state index contributed by atoms with van der Waals surface area (Å²) in [6.07, 6.45) is 1.96. The molecule has 3 heteroatoms. The van der Waals surface area contributed by atoms with Crippen LogP contribution in [-0.2, 0) is 0 Å². The predicted octanol–water partition coefficient (Wildman–Crippen LogP) is 3.65. The first-order valence-electron chi connectivity index (χ1n) is 4.15. The zero-order valence-electron chi connectivity index (χ0n) is 7.42. The first kappa shape index (κ1) is 10.6. The molecule has 0 heterocycles. The molecule has 1 aromatic rings. The Kier molecular flexibility index (Phi) is 4.33. The van der Waals surface area contributed by atoms with Gasteiger partial charge in [0, 0.05) is 15.5 Å². The Morgan fingerprint density at radius 2 is 2.31 bits per heavy atom. The number of thioether (sulfide) groups is 1. The minimum atomic E-state index is 0.684. The van der Waals surface area contributed by atoms with Gasteiger partial charge < -0.3 is 0 Å². The Hall–Kier alpha value is -0.470. The molecule has 70 valence electrons. The Morgan fingerprint density at radius 3 is 2.92 bits per heavy atom. The third-order valence-electron chi connectivity index (χ3n) is 1.56. The highest BCUT2D eigenvalue weighted by Gasteiger charge is 2.02. The van der Waals surface area contributed by atoms with Crippen LogP contribution < -0.4 is 0 Å². The second-order valence-corrected chi connectivity index (χ2v) is 4.22. The number of hydrogen-bond acceptors (Lipinski definition) is 2. The van der Waals surface area contributed by atoms with E-state index in [1.807, 2.05) is 6.07 Å². The van der Waals surface area contributed by atoms with Crippen molar-refractivity contribution in [1.82, 2.24) is 0 Å². The van der Waals surface area contributed by atoms with Gasteiger partial charge in [-0.25, -0.2) is 0 Å². The van der Waals surface area contributed by atoms with E-state index in [4.69, 9.17) is 11.6 Å². The zero-order chi connectivity index (χ0) is 9.68. The highest BCUT2D eigenvalue weighted by Crippen LogP contribution is 2.25. The molecule has 0 N–H and O–H groups in total. The summed E-state index contributed by atoms with van der Waals surface area (Å²) < 4.78 is 0. The lowest BCUT2D eigenvalue weighted by atomic mass is 10.2. The average molecular weight is 215 g/mol. The Balaban J connectivity index is 2.87. The highest BCUT2D eigenvalue weighted by molar-refractivity contribution is 7.99. The fraction of sp³-hybridized carbons (Fsp3) is 0.300. The average Bonchev–Trinajstić information content (AvgIpc) is 2.15. The fourth-order valence-electron chi connectivity index (χ4n) is 0.943. The van der Waals surface area contributed by atoms with Crippen LogP contribution in [0.5, 0.6) is 0 Å². The van der Waals surface area contributed by atoms with Gasteiger partial charge in [0.05, 0.1) is 0 Å². The van der Waals surface area contributed by atoms with Crippen LogP contribution in [0.25, 0.3) is 0 Å². The van der Waals surface area contributed by atoms with Gasteiger partial charge in [0.25, 0.3) is 0 Å². The molecule has 0 bridgehead atoms. The molecule has 0 aliphatic carbocycles. The van der Waals surface area contributed by atoms with Crippen molar-refractivity contribution in [2.75, 3.05) is 5.75 Å². The van der Waals surface area contributed by atoms with Crippen LogP contribution in [0.1, 0.15) is 23.7 Å². The van der Waals surface area contributed by atoms with Crippen molar-refractivity contribution in [3.63, 3.8) is 0 Å². The summed E-state index contributed by atoms with van der Waals surface area (Å²) in [5, 5.41) is 0.684. The summed E-state index contributed by atoms with van der Waals surface area (Å²) in [5.74, 6) is 1.02. The number of aldehydes is 1. The number of benzene rings is 1. The molecule has 0 unspecified atom stereocenters. The normalized spacial score (nSPS) is 10.0. The van der Waals surface area contributed by atoms with Crippen molar-refractivity contribution in [2.24, 2.45) is 0 Å². The van der Waals surface area contributed by atoms with Crippen LogP contribution in [0, 0.1) is 0 Å². The van der Waals surface area contributed by atoms with Crippen molar-refractivity contribution in [3.05, 3.63) is 28.8 Å². The fourth-order valence-corrected chi connectivity index (χ4v) is 2.10. The van der Waals surface area contributed by atoms with Gasteiger partial charge in [0.1, 0.15) is 0 Å². The molecular weight excluding hydrogens is 204 g/mol. The molecule has 1 rings (SSSR count). The van der Waals surface area contributed by atoms with Crippen LogP contribution in [0.15, 0.2) is 23.1 Å². The molecule has 0 aromatic heterocycles. The van der Waals surface area contributed by atoms with E-state index >= 15 is 0 Å². The van der Waals surface area contributed by atoms with Gasteiger partial charge in [-0.05, 0) is 30.4 Å². The largest absolute Gasteiger partial charge is 0.298 e. The first-order valence-corrected chi connectivity index (χ1v) is 5.51. The van der Waals surface area contributed by atoms with Crippen LogP contribution in [-0.4, -0.2) is 12.0 Å². The smallest absolute Gasteiger partial charge is 0.151 e. The van der Waals surface area contributed by atoms with Crippen molar-refractivity contribution in [3.8, 4) is 0 Å². The molecule has 0 saturated carbocycles. The molecule has 0 aliphatic rings. The summed E-state index contributed by atoms with van der Waals surface area (Å²) in [4.78, 5) is 11.6. The number of halogens is 1. The van der Waals surface area contributed by atoms with E-state index in [2.05, 4.69) is 6.92 Å². The van der Waals surface area contributed by atoms with Gasteiger partial charge in [-0.2, -0.15) is 0 Å². The maximum absolute atomic E-state index is 10.6. The Morgan fingerprint density at radius 1 is 1.54 bits per heavy atom. The SMILES string of the molecule is CCCSc1cc(Cl)ccc1C=O. The van der Waals surface area contributed by atoms with Gasteiger partial charge in [-0.3, -0.25) is 4.79 Å². The van der Waals surface area contributed by atoms with E-state index in [0.717, 1.165) is 28.9 Å². The third kappa shape index (κ3) is 3.05. The summed E-state index contributed by atoms with van der Waals surface area (Å²) in [5.41, 5.74) is 0.725. The van der Waals surface area contributed by atoms with E-state index in [1.54, 1.807) is 23.9 Å². The minimum absolute atomic E-state index is 0.684. The molecular formula is C10H11ClOS. The van der Waals surface area contributed by atoms with Gasteiger partial charge in [-0.15, -0.1) is 11.8 Å². The number of carbonyl (C=O) groups is 1. The van der Waals surface area contributed by atoms with Crippen LogP contribution >= 0.6 is 23.4 Å². The molecule has 1 nitrogen and oxygen atoms in total. The van der Waals surface area contributed by atoms with Crippen LogP contribution in [0.3, 0.4) is 0 Å². The summed E-state index contributed by atoms with van der Waals surface area (Å²) in [6.45, 7) is 2.11. The molecule has 0 saturated heterocycles. The quantitative estimate of drug-likeness (QED) is 0.562.